The lowest BCUT2D eigenvalue weighted by atomic mass is 9.75. The van der Waals surface area contributed by atoms with Crippen molar-refractivity contribution in [1.29, 1.82) is 0 Å². The molecule has 2 aromatic rings. The van der Waals surface area contributed by atoms with Gasteiger partial charge in [-0.1, -0.05) is 76.6 Å². The van der Waals surface area contributed by atoms with Crippen LogP contribution >= 0.6 is 31.9 Å². The molecule has 0 heterocycles. The van der Waals surface area contributed by atoms with Crippen LogP contribution in [0, 0.1) is 0 Å². The Kier molecular flexibility index (Phi) is 4.18. The molecular formula is C21H22Br2. The summed E-state index contributed by atoms with van der Waals surface area (Å²) in [5.41, 5.74) is 7.98. The highest BCUT2D eigenvalue weighted by Crippen LogP contribution is 2.59. The van der Waals surface area contributed by atoms with Gasteiger partial charge in [-0.15, -0.1) is 0 Å². The Morgan fingerprint density at radius 1 is 1.00 bits per heavy atom. The van der Waals surface area contributed by atoms with Crippen LogP contribution in [-0.2, 0) is 11.8 Å². The number of halogens is 2. The number of hydrogen-bond acceptors (Lipinski definition) is 0. The standard InChI is InChI=1S/C21H22Br2/c1-2-3-4-5-11-21-12-10-17-19(23)9-8-16(20(17)21)15-7-6-14(22)13-18(15)21/h6-9,13H,2-5,10-12H2,1H3. The molecule has 2 heteroatoms. The van der Waals surface area contributed by atoms with Gasteiger partial charge in [-0.05, 0) is 65.3 Å². The summed E-state index contributed by atoms with van der Waals surface area (Å²) in [6.07, 6.45) is 9.15. The summed E-state index contributed by atoms with van der Waals surface area (Å²) in [7, 11) is 0. The molecule has 0 radical (unpaired) electrons. The van der Waals surface area contributed by atoms with E-state index in [0.717, 1.165) is 0 Å². The van der Waals surface area contributed by atoms with Crippen LogP contribution in [0.1, 0.15) is 62.1 Å². The van der Waals surface area contributed by atoms with Crippen LogP contribution in [0.25, 0.3) is 11.1 Å². The smallest absolute Gasteiger partial charge is 0.0221 e. The minimum atomic E-state index is 0.265. The molecular weight excluding hydrogens is 412 g/mol. The topological polar surface area (TPSA) is 0 Å². The lowest BCUT2D eigenvalue weighted by molar-refractivity contribution is 0.447. The molecule has 4 rings (SSSR count). The highest BCUT2D eigenvalue weighted by molar-refractivity contribution is 9.10. The van der Waals surface area contributed by atoms with Crippen molar-refractivity contribution in [2.24, 2.45) is 0 Å². The number of unbranched alkanes of at least 4 members (excludes halogenated alkanes) is 3. The maximum Gasteiger partial charge on any atom is 0.0221 e. The third-order valence-corrected chi connectivity index (χ3v) is 7.02. The van der Waals surface area contributed by atoms with Gasteiger partial charge in [0.15, 0.2) is 0 Å². The Labute approximate surface area is 155 Å². The van der Waals surface area contributed by atoms with E-state index in [4.69, 9.17) is 0 Å². The molecule has 0 saturated heterocycles. The van der Waals surface area contributed by atoms with Crippen molar-refractivity contribution in [3.05, 3.63) is 56.0 Å². The SMILES string of the molecule is CCCCCCC12CCc3c(Br)ccc(c31)-c1ccc(Br)cc12. The Morgan fingerprint density at radius 2 is 1.83 bits per heavy atom. The van der Waals surface area contributed by atoms with Gasteiger partial charge in [0, 0.05) is 14.4 Å². The van der Waals surface area contributed by atoms with E-state index in [1.807, 2.05) is 0 Å². The zero-order chi connectivity index (χ0) is 16.0. The van der Waals surface area contributed by atoms with Gasteiger partial charge in [-0.3, -0.25) is 0 Å². The molecule has 0 saturated carbocycles. The maximum atomic E-state index is 3.80. The van der Waals surface area contributed by atoms with Crippen LogP contribution in [0.2, 0.25) is 0 Å². The van der Waals surface area contributed by atoms with Gasteiger partial charge >= 0.3 is 0 Å². The first-order valence-corrected chi connectivity index (χ1v) is 10.4. The number of fused-ring (bicyclic) bond motifs is 3. The molecule has 0 nitrogen and oxygen atoms in total. The molecule has 2 aromatic carbocycles. The van der Waals surface area contributed by atoms with Gasteiger partial charge in [0.25, 0.3) is 0 Å². The molecule has 2 aliphatic rings. The molecule has 0 aliphatic heterocycles. The summed E-state index contributed by atoms with van der Waals surface area (Å²) >= 11 is 7.51. The zero-order valence-electron chi connectivity index (χ0n) is 13.6. The monoisotopic (exact) mass is 432 g/mol. The van der Waals surface area contributed by atoms with Crippen molar-refractivity contribution in [3.63, 3.8) is 0 Å². The molecule has 1 unspecified atom stereocenters. The van der Waals surface area contributed by atoms with Gasteiger partial charge in [-0.25, -0.2) is 0 Å². The first-order chi connectivity index (χ1) is 11.2. The summed E-state index contributed by atoms with van der Waals surface area (Å²) in [5.74, 6) is 0. The second kappa shape index (κ2) is 6.04. The average molecular weight is 434 g/mol. The van der Waals surface area contributed by atoms with E-state index in [0.29, 0.717) is 0 Å². The van der Waals surface area contributed by atoms with Crippen LogP contribution < -0.4 is 0 Å². The average Bonchev–Trinajstić information content (AvgIpc) is 3.05. The van der Waals surface area contributed by atoms with E-state index in [1.165, 1.54) is 65.0 Å². The van der Waals surface area contributed by atoms with Crippen LogP contribution in [0.5, 0.6) is 0 Å². The predicted octanol–water partition coefficient (Wildman–Crippen LogP) is 7.39. The second-order valence-electron chi connectivity index (χ2n) is 7.03. The summed E-state index contributed by atoms with van der Waals surface area (Å²) in [4.78, 5) is 0. The van der Waals surface area contributed by atoms with Gasteiger partial charge in [0.2, 0.25) is 0 Å². The van der Waals surface area contributed by atoms with Gasteiger partial charge in [0.05, 0.1) is 0 Å². The van der Waals surface area contributed by atoms with Gasteiger partial charge < -0.3 is 0 Å². The minimum absolute atomic E-state index is 0.265. The molecule has 23 heavy (non-hydrogen) atoms. The fourth-order valence-electron chi connectivity index (χ4n) is 4.76. The summed E-state index contributed by atoms with van der Waals surface area (Å²) in [5, 5.41) is 0. The molecule has 1 atom stereocenters. The first-order valence-electron chi connectivity index (χ1n) is 8.79. The molecule has 0 N–H and O–H groups in total. The van der Waals surface area contributed by atoms with E-state index in [1.54, 1.807) is 16.7 Å². The van der Waals surface area contributed by atoms with E-state index in [-0.39, 0.29) is 5.41 Å². The van der Waals surface area contributed by atoms with Crippen molar-refractivity contribution in [3.8, 4) is 11.1 Å². The Hall–Kier alpha value is -0.600. The van der Waals surface area contributed by atoms with E-state index >= 15 is 0 Å². The number of rotatable bonds is 5. The summed E-state index contributed by atoms with van der Waals surface area (Å²) in [6.45, 7) is 2.29. The van der Waals surface area contributed by atoms with Crippen molar-refractivity contribution in [1.82, 2.24) is 0 Å². The molecule has 120 valence electrons. The summed E-state index contributed by atoms with van der Waals surface area (Å²) < 4.78 is 2.52. The molecule has 0 spiro atoms. The number of benzene rings is 2. The van der Waals surface area contributed by atoms with Gasteiger partial charge in [-0.2, -0.15) is 0 Å². The highest BCUT2D eigenvalue weighted by Gasteiger charge is 2.47. The van der Waals surface area contributed by atoms with E-state index in [9.17, 15) is 0 Å². The van der Waals surface area contributed by atoms with Crippen LogP contribution in [0.3, 0.4) is 0 Å². The Balaban J connectivity index is 1.84. The Morgan fingerprint density at radius 3 is 2.65 bits per heavy atom. The van der Waals surface area contributed by atoms with Gasteiger partial charge in [0.1, 0.15) is 0 Å². The first kappa shape index (κ1) is 15.9. The second-order valence-corrected chi connectivity index (χ2v) is 8.80. The van der Waals surface area contributed by atoms with Crippen LogP contribution in [0.4, 0.5) is 0 Å². The third-order valence-electron chi connectivity index (χ3n) is 5.78. The van der Waals surface area contributed by atoms with Crippen molar-refractivity contribution >= 4 is 31.9 Å². The van der Waals surface area contributed by atoms with E-state index < -0.39 is 0 Å². The van der Waals surface area contributed by atoms with Crippen LogP contribution in [-0.4, -0.2) is 0 Å². The normalized spacial score (nSPS) is 20.7. The minimum Gasteiger partial charge on any atom is -0.0654 e. The zero-order valence-corrected chi connectivity index (χ0v) is 16.8. The molecule has 0 aromatic heterocycles. The van der Waals surface area contributed by atoms with Crippen LogP contribution in [0.15, 0.2) is 39.3 Å². The Bertz CT molecular complexity index is 763. The fraction of sp³-hybridized carbons (Fsp3) is 0.429. The largest absolute Gasteiger partial charge is 0.0654 e. The quantitative estimate of drug-likeness (QED) is 0.431. The lowest BCUT2D eigenvalue weighted by Crippen LogP contribution is -2.22. The number of hydrogen-bond donors (Lipinski definition) is 0. The van der Waals surface area contributed by atoms with Crippen molar-refractivity contribution < 1.29 is 0 Å². The molecule has 0 amide bonds. The lowest BCUT2D eigenvalue weighted by Gasteiger charge is -2.28. The molecule has 0 bridgehead atoms. The maximum absolute atomic E-state index is 3.80. The van der Waals surface area contributed by atoms with Crippen molar-refractivity contribution in [2.75, 3.05) is 0 Å². The predicted molar refractivity (Wildman–Crippen MR) is 105 cm³/mol. The third kappa shape index (κ3) is 2.36. The van der Waals surface area contributed by atoms with Crippen molar-refractivity contribution in [2.45, 2.75) is 57.3 Å². The molecule has 2 aliphatic carbocycles. The summed E-state index contributed by atoms with van der Waals surface area (Å²) in [6, 6.07) is 11.5. The highest BCUT2D eigenvalue weighted by atomic mass is 79.9. The van der Waals surface area contributed by atoms with E-state index in [2.05, 4.69) is 69.1 Å². The fourth-order valence-corrected chi connectivity index (χ4v) is 5.65. The molecule has 0 fully saturated rings.